The van der Waals surface area contributed by atoms with Crippen LogP contribution < -0.4 is 0 Å². The van der Waals surface area contributed by atoms with Gasteiger partial charge in [-0.25, -0.2) is 0 Å². The van der Waals surface area contributed by atoms with Crippen LogP contribution in [0.25, 0.3) is 0 Å². The van der Waals surface area contributed by atoms with Crippen LogP contribution in [0.1, 0.15) is 16.7 Å². The fourth-order valence-electron chi connectivity index (χ4n) is 4.18. The van der Waals surface area contributed by atoms with Crippen LogP contribution in [0.5, 0.6) is 0 Å². The van der Waals surface area contributed by atoms with Gasteiger partial charge in [0.05, 0.1) is 31.7 Å². The Morgan fingerprint density at radius 1 is 0.750 bits per heavy atom. The molecule has 36 heavy (non-hydrogen) atoms. The van der Waals surface area contributed by atoms with Crippen LogP contribution in [0.4, 0.5) is 0 Å². The molecule has 7 heteroatoms. The van der Waals surface area contributed by atoms with E-state index in [9.17, 15) is 5.26 Å². The maximum Gasteiger partial charge on any atom is 0.173 e. The zero-order valence-corrected chi connectivity index (χ0v) is 21.1. The number of nitrogens with zero attached hydrogens (tertiary/aromatic N) is 1. The Balaban J connectivity index is 1.54. The molecule has 3 aromatic rings. The predicted molar refractivity (Wildman–Crippen MR) is 139 cm³/mol. The first-order valence-electron chi connectivity index (χ1n) is 11.9. The summed E-state index contributed by atoms with van der Waals surface area (Å²) in [6, 6.07) is 29.9. The van der Waals surface area contributed by atoms with Gasteiger partial charge in [-0.3, -0.25) is 0 Å². The van der Waals surface area contributed by atoms with Gasteiger partial charge in [0.2, 0.25) is 0 Å². The van der Waals surface area contributed by atoms with Crippen molar-refractivity contribution in [2.75, 3.05) is 13.7 Å². The molecule has 4 rings (SSSR count). The lowest BCUT2D eigenvalue weighted by atomic mass is 10.00. The Morgan fingerprint density at radius 3 is 1.75 bits per heavy atom. The third-order valence-corrected chi connectivity index (χ3v) is 6.84. The normalized spacial score (nSPS) is 23.7. The van der Waals surface area contributed by atoms with E-state index in [1.165, 1.54) is 0 Å². The summed E-state index contributed by atoms with van der Waals surface area (Å²) in [4.78, 5) is 0. The minimum atomic E-state index is -0.641. The van der Waals surface area contributed by atoms with Crippen LogP contribution in [0.3, 0.4) is 0 Å². The third kappa shape index (κ3) is 7.40. The molecular formula is C29H31NO5S. The first-order valence-corrected chi connectivity index (χ1v) is 12.8. The lowest BCUT2D eigenvalue weighted by Gasteiger charge is -2.44. The number of rotatable bonds is 12. The Kier molecular flexibility index (Phi) is 10.4. The molecule has 1 saturated heterocycles. The number of benzene rings is 3. The highest BCUT2D eigenvalue weighted by Crippen LogP contribution is 2.35. The minimum Gasteiger partial charge on any atom is -0.374 e. The van der Waals surface area contributed by atoms with Crippen molar-refractivity contribution in [2.24, 2.45) is 0 Å². The zero-order valence-electron chi connectivity index (χ0n) is 20.3. The topological polar surface area (TPSA) is 69.9 Å². The average molecular weight is 506 g/mol. The Hall–Kier alpha value is -2.70. The highest BCUT2D eigenvalue weighted by molar-refractivity contribution is 8.04. The lowest BCUT2D eigenvalue weighted by molar-refractivity contribution is -0.268. The molecular weight excluding hydrogens is 474 g/mol. The van der Waals surface area contributed by atoms with Gasteiger partial charge in [-0.1, -0.05) is 91.0 Å². The highest BCUT2D eigenvalue weighted by atomic mass is 32.2. The minimum absolute atomic E-state index is 0.295. The maximum atomic E-state index is 9.54. The monoisotopic (exact) mass is 505 g/mol. The molecule has 3 aromatic carbocycles. The van der Waals surface area contributed by atoms with Crippen LogP contribution in [0.2, 0.25) is 0 Å². The van der Waals surface area contributed by atoms with Crippen molar-refractivity contribution in [2.45, 2.75) is 49.7 Å². The van der Waals surface area contributed by atoms with E-state index in [2.05, 4.69) is 5.40 Å². The molecule has 0 unspecified atom stereocenters. The molecule has 0 N–H and O–H groups in total. The Labute approximate surface area is 217 Å². The highest BCUT2D eigenvalue weighted by Gasteiger charge is 2.48. The molecule has 0 amide bonds. The van der Waals surface area contributed by atoms with Crippen molar-refractivity contribution in [1.82, 2.24) is 0 Å². The van der Waals surface area contributed by atoms with Gasteiger partial charge in [0.25, 0.3) is 0 Å². The van der Waals surface area contributed by atoms with Crippen molar-refractivity contribution < 1.29 is 23.7 Å². The van der Waals surface area contributed by atoms with Gasteiger partial charge in [0.15, 0.2) is 6.29 Å². The summed E-state index contributed by atoms with van der Waals surface area (Å²) in [7, 11) is 1.58. The molecule has 0 aliphatic carbocycles. The van der Waals surface area contributed by atoms with Gasteiger partial charge in [-0.15, -0.1) is 0 Å². The number of hydrogen-bond donors (Lipinski definition) is 0. The van der Waals surface area contributed by atoms with Crippen LogP contribution in [-0.4, -0.2) is 43.6 Å². The summed E-state index contributed by atoms with van der Waals surface area (Å²) in [5.74, 6) is 0. The smallest absolute Gasteiger partial charge is 0.173 e. The summed E-state index contributed by atoms with van der Waals surface area (Å²) < 4.78 is 30.9. The van der Waals surface area contributed by atoms with Crippen LogP contribution in [0.15, 0.2) is 91.0 Å². The van der Waals surface area contributed by atoms with Crippen LogP contribution >= 0.6 is 11.8 Å². The molecule has 0 bridgehead atoms. The first-order chi connectivity index (χ1) is 17.8. The summed E-state index contributed by atoms with van der Waals surface area (Å²) in [5, 5.41) is 11.3. The Bertz CT molecular complexity index is 1060. The second-order valence-electron chi connectivity index (χ2n) is 8.48. The summed E-state index contributed by atoms with van der Waals surface area (Å²) in [6.45, 7) is 1.52. The van der Waals surface area contributed by atoms with E-state index in [-0.39, 0.29) is 0 Å². The van der Waals surface area contributed by atoms with Crippen molar-refractivity contribution in [3.63, 3.8) is 0 Å². The van der Waals surface area contributed by atoms with Crippen LogP contribution in [0, 0.1) is 10.7 Å². The Morgan fingerprint density at radius 2 is 1.25 bits per heavy atom. The number of thiocyanates is 1. The number of nitriles is 1. The molecule has 0 aromatic heterocycles. The van der Waals surface area contributed by atoms with Crippen molar-refractivity contribution >= 4 is 11.8 Å². The molecule has 5 atom stereocenters. The van der Waals surface area contributed by atoms with Gasteiger partial charge in [0.1, 0.15) is 23.7 Å². The summed E-state index contributed by atoms with van der Waals surface area (Å²) in [5.41, 5.74) is 3.16. The molecule has 1 aliphatic heterocycles. The quantitative estimate of drug-likeness (QED) is 0.308. The fourth-order valence-corrected chi connectivity index (χ4v) is 4.96. The summed E-state index contributed by atoms with van der Waals surface area (Å²) in [6.07, 6.45) is -2.01. The van der Waals surface area contributed by atoms with E-state index in [1.807, 2.05) is 91.0 Å². The zero-order chi connectivity index (χ0) is 25.0. The van der Waals surface area contributed by atoms with E-state index in [1.54, 1.807) is 7.11 Å². The molecule has 6 nitrogen and oxygen atoms in total. The summed E-state index contributed by atoms with van der Waals surface area (Å²) >= 11 is 1.09. The number of hydrogen-bond acceptors (Lipinski definition) is 7. The molecule has 188 valence electrons. The SMILES string of the molecule is CO[C@@H]1O[C@H](COCc2ccccc2)[C@@H](OCc2ccccc2)[C@H](OCc2ccccc2)[C@H]1SC#N. The van der Waals surface area contributed by atoms with Gasteiger partial charge in [0, 0.05) is 7.11 Å². The standard InChI is InChI=1S/C29H31NO5S/c1-31-29-28(36-21-30)27(34-19-24-15-9-4-10-16-24)26(33-18-23-13-7-3-8-14-23)25(35-29)20-32-17-22-11-5-2-6-12-22/h2-16,25-29H,17-20H2,1H3/t25-,26-,27+,28-,29-/m1/s1. The van der Waals surface area contributed by atoms with E-state index >= 15 is 0 Å². The van der Waals surface area contributed by atoms with E-state index in [0.29, 0.717) is 26.4 Å². The molecule has 0 spiro atoms. The van der Waals surface area contributed by atoms with Gasteiger partial charge in [-0.05, 0) is 28.5 Å². The molecule has 1 aliphatic rings. The molecule has 0 radical (unpaired) electrons. The third-order valence-electron chi connectivity index (χ3n) is 5.98. The van der Waals surface area contributed by atoms with E-state index in [0.717, 1.165) is 28.5 Å². The average Bonchev–Trinajstić information content (AvgIpc) is 2.93. The largest absolute Gasteiger partial charge is 0.374 e. The first kappa shape index (κ1) is 26.4. The van der Waals surface area contributed by atoms with Gasteiger partial charge in [-0.2, -0.15) is 5.26 Å². The molecule has 1 fully saturated rings. The van der Waals surface area contributed by atoms with Crippen molar-refractivity contribution in [3.8, 4) is 5.40 Å². The predicted octanol–water partition coefficient (Wildman–Crippen LogP) is 5.33. The van der Waals surface area contributed by atoms with E-state index in [4.69, 9.17) is 23.7 Å². The van der Waals surface area contributed by atoms with Crippen LogP contribution in [-0.2, 0) is 43.5 Å². The van der Waals surface area contributed by atoms with Gasteiger partial charge < -0.3 is 23.7 Å². The van der Waals surface area contributed by atoms with Crippen molar-refractivity contribution in [1.29, 1.82) is 5.26 Å². The molecule has 0 saturated carbocycles. The second-order valence-corrected chi connectivity index (χ2v) is 9.44. The molecule has 1 heterocycles. The van der Waals surface area contributed by atoms with Gasteiger partial charge >= 0.3 is 0 Å². The van der Waals surface area contributed by atoms with E-state index < -0.39 is 29.9 Å². The fraction of sp³-hybridized carbons (Fsp3) is 0.345. The number of thioether (sulfide) groups is 1. The number of methoxy groups -OCH3 is 1. The maximum absolute atomic E-state index is 9.54. The lowest BCUT2D eigenvalue weighted by Crippen LogP contribution is -2.59. The second kappa shape index (κ2) is 14.1. The van der Waals surface area contributed by atoms with Crippen molar-refractivity contribution in [3.05, 3.63) is 108 Å². The number of ether oxygens (including phenoxy) is 5.